The van der Waals surface area contributed by atoms with Gasteiger partial charge in [0.25, 0.3) is 0 Å². The quantitative estimate of drug-likeness (QED) is 0.154. The molecule has 0 unspecified atom stereocenters. The third-order valence-corrected chi connectivity index (χ3v) is 24.6. The Labute approximate surface area is 749 Å². The van der Waals surface area contributed by atoms with Crippen molar-refractivity contribution in [2.24, 2.45) is 0 Å². The molecule has 3 aromatic heterocycles. The van der Waals surface area contributed by atoms with Crippen molar-refractivity contribution in [3.8, 4) is 11.1 Å². The van der Waals surface area contributed by atoms with Gasteiger partial charge >= 0.3 is 0 Å². The van der Waals surface area contributed by atoms with E-state index in [1.807, 2.05) is 59.9 Å². The van der Waals surface area contributed by atoms with Gasteiger partial charge in [-0.1, -0.05) is 496 Å². The fourth-order valence-electron chi connectivity index (χ4n) is 10.5. The molecular weight excluding hydrogens is 1590 g/mol. The van der Waals surface area contributed by atoms with E-state index in [0.717, 1.165) is 9.36 Å². The maximum atomic E-state index is 5.89. The Hall–Kier alpha value is -5.92. The van der Waals surface area contributed by atoms with Crippen LogP contribution in [0.3, 0.4) is 0 Å². The van der Waals surface area contributed by atoms with Gasteiger partial charge in [-0.25, -0.2) is 0 Å². The number of benzene rings is 9. The van der Waals surface area contributed by atoms with Crippen molar-refractivity contribution < 1.29 is 0 Å². The van der Waals surface area contributed by atoms with E-state index in [9.17, 15) is 0 Å². The Morgan fingerprint density at radius 3 is 0.871 bits per heavy atom. The predicted octanol–water partition coefficient (Wildman–Crippen LogP) is 38.0. The topological polar surface area (TPSA) is 0 Å². The molecule has 0 saturated heterocycles. The number of thiophene rings is 3. The summed E-state index contributed by atoms with van der Waals surface area (Å²) >= 11 is 39.9. The highest BCUT2D eigenvalue weighted by Crippen LogP contribution is 2.39. The fourth-order valence-corrected chi connectivity index (χ4v) is 14.3. The zero-order chi connectivity index (χ0) is 87.5. The lowest BCUT2D eigenvalue weighted by molar-refractivity contribution is 0.590. The summed E-state index contributed by atoms with van der Waals surface area (Å²) in [5.41, 5.74) is 17.2. The van der Waals surface area contributed by atoms with E-state index in [4.69, 9.17) is 69.6 Å². The average molecular weight is 1740 g/mol. The van der Waals surface area contributed by atoms with Crippen LogP contribution in [0.2, 0.25) is 28.8 Å². The zero-order valence-electron chi connectivity index (χ0n) is 75.7. The van der Waals surface area contributed by atoms with E-state index < -0.39 is 0 Å². The molecule has 0 aliphatic carbocycles. The van der Waals surface area contributed by atoms with Crippen LogP contribution in [0.5, 0.6) is 0 Å². The molecule has 0 saturated carbocycles. The van der Waals surface area contributed by atoms with Crippen molar-refractivity contribution >= 4 is 114 Å². The SMILES string of the molecule is C.CC(C)(C)c1cc(Cl)c(Cl)s1.CC(C)(C)c1ccc(-c2ccccc2)cc1.CC(C)(C)c1ccc(Cl)c(Cl)c1.CC(C)(C)c1ccc(Cl)cc1.CC(C)(C)c1ccc(Cl)s1.CC(C)(C)c1ccc2ccccc2c1.CC(C)(C)c1ccccc1.CC(C)(C)c1cccs1.Cc1ccc(C(C)(C)C)cc1.Cc1ccc(C(C)(C)C)cc1. The second kappa shape index (κ2) is 46.8. The summed E-state index contributed by atoms with van der Waals surface area (Å²) in [4.78, 5) is 4.03. The first-order valence-electron chi connectivity index (χ1n) is 40.0. The van der Waals surface area contributed by atoms with Crippen molar-refractivity contribution in [3.05, 3.63) is 348 Å². The summed E-state index contributed by atoms with van der Waals surface area (Å²) < 4.78 is 1.57. The van der Waals surface area contributed by atoms with Crippen LogP contribution in [0.1, 0.15) is 280 Å². The molecule has 630 valence electrons. The second-order valence-electron chi connectivity index (χ2n) is 39.6. The molecule has 0 aliphatic rings. The smallest absolute Gasteiger partial charge is 0.112 e. The van der Waals surface area contributed by atoms with Crippen LogP contribution in [0, 0.1) is 13.8 Å². The van der Waals surface area contributed by atoms with Gasteiger partial charge in [-0.15, -0.1) is 34.0 Å². The Morgan fingerprint density at radius 2 is 0.560 bits per heavy atom. The fraction of sp³-hybridized carbons (Fsp3) is 0.402. The Bertz CT molecular complexity index is 4550. The summed E-state index contributed by atoms with van der Waals surface area (Å²) in [6, 6.07) is 86.6. The van der Waals surface area contributed by atoms with Crippen LogP contribution in [0.25, 0.3) is 21.9 Å². The molecule has 0 N–H and O–H groups in total. The molecule has 116 heavy (non-hydrogen) atoms. The maximum absolute atomic E-state index is 5.89. The maximum Gasteiger partial charge on any atom is 0.112 e. The minimum absolute atomic E-state index is 0. The summed E-state index contributed by atoms with van der Waals surface area (Å²) in [5.74, 6) is 0. The molecule has 0 atom stereocenters. The Balaban J connectivity index is 0.000000438. The lowest BCUT2D eigenvalue weighted by atomic mass is 9.86. The number of hydrogen-bond donors (Lipinski definition) is 0. The summed E-state index contributed by atoms with van der Waals surface area (Å²) in [6.45, 7) is 70.5. The van der Waals surface area contributed by atoms with Gasteiger partial charge in [0, 0.05) is 19.7 Å². The molecule has 9 aromatic carbocycles. The summed E-state index contributed by atoms with van der Waals surface area (Å²) in [5, 5.41) is 7.49. The van der Waals surface area contributed by atoms with Crippen LogP contribution >= 0.6 is 104 Å². The number of aryl methyl sites for hydroxylation is 2. The monoisotopic (exact) mass is 1730 g/mol. The molecule has 12 aromatic rings. The standard InChI is InChI=1S/C16H18.C14H16.2C11H16.C10H12Cl2.C10H13Cl.C10H14.C8H10Cl2S.C8H11ClS.C8H12S.CH4/c1-16(2,3)15-11-9-14(10-12-15)13-7-5-4-6-8-13;1-14(2,3)13-9-8-11-6-4-5-7-12(11)10-13;2*1-9-5-7-10(8-6-9)11(2,3)4;1-10(2,3)7-4-5-8(11)9(12)6-7;1-10(2,3)8-4-6-9(11)7-5-8;1-10(2,3)9-7-5-4-6-8-9;1-8(2,3)6-4-5(9)7(10)11-6;1-8(2,3)6-4-5-7(9)10-6;1-8(2,3)7-5-4-6-9-7;/h4-12H,1-3H3;4-10H,1-3H3;2*5-8H,1-4H3;4-6H,1-3H3;4-7H,1-3H3;4-8H,1-3H3;4H,1-3H3;4-5H,1-3H3;4-6H,1-3H3;1H4. The number of halogens is 6. The van der Waals surface area contributed by atoms with Crippen molar-refractivity contribution in [3.63, 3.8) is 0 Å². The first kappa shape index (κ1) is 106. The minimum Gasteiger partial charge on any atom is -0.148 e. The van der Waals surface area contributed by atoms with E-state index in [0.29, 0.717) is 30.2 Å². The van der Waals surface area contributed by atoms with Crippen molar-refractivity contribution in [1.82, 2.24) is 0 Å². The van der Waals surface area contributed by atoms with Crippen LogP contribution < -0.4 is 0 Å². The predicted molar refractivity (Wildman–Crippen MR) is 534 cm³/mol. The van der Waals surface area contributed by atoms with Gasteiger partial charge in [0.05, 0.1) is 19.4 Å². The van der Waals surface area contributed by atoms with Gasteiger partial charge < -0.3 is 0 Å². The van der Waals surface area contributed by atoms with Crippen molar-refractivity contribution in [2.75, 3.05) is 0 Å². The zero-order valence-corrected chi connectivity index (χ0v) is 82.7. The molecule has 0 bridgehead atoms. The van der Waals surface area contributed by atoms with Crippen LogP contribution in [-0.4, -0.2) is 0 Å². The first-order chi connectivity index (χ1) is 52.7. The molecular formula is C107H142Cl6S3. The first-order valence-corrected chi connectivity index (χ1v) is 44.8. The summed E-state index contributed by atoms with van der Waals surface area (Å²) in [6.07, 6.45) is 0. The highest BCUT2D eigenvalue weighted by molar-refractivity contribution is 7.17. The largest absolute Gasteiger partial charge is 0.148 e. The van der Waals surface area contributed by atoms with E-state index in [1.54, 1.807) is 22.7 Å². The average Bonchev–Trinajstić information content (AvgIpc) is 1.07. The van der Waals surface area contributed by atoms with E-state index in [2.05, 4.69) is 427 Å². The Kier molecular flexibility index (Phi) is 42.8. The normalized spacial score (nSPS) is 11.6. The third kappa shape index (κ3) is 40.4. The van der Waals surface area contributed by atoms with Crippen LogP contribution in [0.15, 0.2) is 254 Å². The molecule has 0 nitrogen and oxygen atoms in total. The number of rotatable bonds is 1. The van der Waals surface area contributed by atoms with Gasteiger partial charge in [0.2, 0.25) is 0 Å². The highest BCUT2D eigenvalue weighted by Gasteiger charge is 2.21. The second-order valence-corrected chi connectivity index (χ2v) is 45.5. The molecule has 0 amide bonds. The van der Waals surface area contributed by atoms with Gasteiger partial charge in [-0.2, -0.15) is 0 Å². The lowest BCUT2D eigenvalue weighted by Crippen LogP contribution is -2.10. The highest BCUT2D eigenvalue weighted by atomic mass is 35.5. The molecule has 0 fully saturated rings. The van der Waals surface area contributed by atoms with E-state index >= 15 is 0 Å². The molecule has 9 heteroatoms. The van der Waals surface area contributed by atoms with Crippen LogP contribution in [0.4, 0.5) is 0 Å². The van der Waals surface area contributed by atoms with Gasteiger partial charge in [-0.05, 0) is 183 Å². The lowest BCUT2D eigenvalue weighted by Gasteiger charge is -2.19. The molecule has 12 rings (SSSR count). The van der Waals surface area contributed by atoms with Gasteiger partial charge in [0.15, 0.2) is 0 Å². The molecule has 0 radical (unpaired) electrons. The molecule has 0 aliphatic heterocycles. The summed E-state index contributed by atoms with van der Waals surface area (Å²) in [7, 11) is 0. The van der Waals surface area contributed by atoms with E-state index in [1.165, 1.54) is 86.6 Å². The Morgan fingerprint density at radius 1 is 0.224 bits per heavy atom. The number of fused-ring (bicyclic) bond motifs is 1. The van der Waals surface area contributed by atoms with Crippen molar-refractivity contribution in [2.45, 2.75) is 283 Å². The van der Waals surface area contributed by atoms with Crippen molar-refractivity contribution in [1.29, 1.82) is 0 Å². The van der Waals surface area contributed by atoms with Gasteiger partial charge in [-0.3, -0.25) is 0 Å². The van der Waals surface area contributed by atoms with Crippen LogP contribution in [-0.2, 0) is 54.1 Å². The van der Waals surface area contributed by atoms with Gasteiger partial charge in [0.1, 0.15) is 4.34 Å². The van der Waals surface area contributed by atoms with E-state index in [-0.39, 0.29) is 50.7 Å². The minimum atomic E-state index is 0. The third-order valence-electron chi connectivity index (χ3n) is 18.4. The molecule has 3 heterocycles. The number of hydrogen-bond acceptors (Lipinski definition) is 3. The molecule has 0 spiro atoms.